The Morgan fingerprint density at radius 1 is 0.333 bits per heavy atom. The molecule has 0 bridgehead atoms. The molecule has 0 saturated heterocycles. The minimum absolute atomic E-state index is 1.11. The first-order valence-electron chi connectivity index (χ1n) is 18.4. The molecule has 0 amide bonds. The zero-order chi connectivity index (χ0) is 35.8. The van der Waals surface area contributed by atoms with Gasteiger partial charge >= 0.3 is 0 Å². The molecule has 0 fully saturated rings. The van der Waals surface area contributed by atoms with Gasteiger partial charge < -0.3 is 4.90 Å². The van der Waals surface area contributed by atoms with E-state index in [-0.39, 0.29) is 0 Å². The molecule has 0 N–H and O–H groups in total. The summed E-state index contributed by atoms with van der Waals surface area (Å²) < 4.78 is 2.57. The van der Waals surface area contributed by atoms with Crippen molar-refractivity contribution in [2.75, 3.05) is 4.90 Å². The Balaban J connectivity index is 1.19. The Labute approximate surface area is 319 Å². The zero-order valence-corrected chi connectivity index (χ0v) is 30.4. The third kappa shape index (κ3) is 5.65. The van der Waals surface area contributed by atoms with Crippen molar-refractivity contribution in [2.45, 2.75) is 0 Å². The van der Waals surface area contributed by atoms with Gasteiger partial charge in [0.05, 0.1) is 10.4 Å². The molecule has 10 rings (SSSR count). The molecule has 0 aliphatic heterocycles. The fourth-order valence-electron chi connectivity index (χ4n) is 7.95. The Bertz CT molecular complexity index is 2910. The molecule has 0 unspecified atom stereocenters. The summed E-state index contributed by atoms with van der Waals surface area (Å²) in [6, 6.07) is 77.1. The second kappa shape index (κ2) is 13.7. The normalized spacial score (nSPS) is 11.3. The molecule has 1 aromatic heterocycles. The van der Waals surface area contributed by atoms with Gasteiger partial charge in [-0.1, -0.05) is 176 Å². The highest BCUT2D eigenvalue weighted by Crippen LogP contribution is 2.47. The second-order valence-electron chi connectivity index (χ2n) is 13.7. The lowest BCUT2D eigenvalue weighted by Gasteiger charge is -2.27. The fraction of sp³-hybridized carbons (Fsp3) is 0. The van der Waals surface area contributed by atoms with Crippen molar-refractivity contribution in [1.29, 1.82) is 0 Å². The number of hydrogen-bond donors (Lipinski definition) is 0. The van der Waals surface area contributed by atoms with Gasteiger partial charge in [0.15, 0.2) is 0 Å². The first-order chi connectivity index (χ1) is 26.8. The maximum Gasteiger partial charge on any atom is 0.0640 e. The van der Waals surface area contributed by atoms with Gasteiger partial charge in [-0.05, 0) is 91.7 Å². The topological polar surface area (TPSA) is 3.24 Å². The number of rotatable bonds is 7. The molecule has 1 nitrogen and oxygen atoms in total. The molecular formula is C52H35NS. The number of benzene rings is 9. The Kier molecular flexibility index (Phi) is 8.09. The van der Waals surface area contributed by atoms with E-state index < -0.39 is 0 Å². The highest BCUT2D eigenvalue weighted by Gasteiger charge is 2.21. The summed E-state index contributed by atoms with van der Waals surface area (Å²) in [4.78, 5) is 2.45. The fourth-order valence-corrected chi connectivity index (χ4v) is 9.16. The molecule has 0 atom stereocenters. The average Bonchev–Trinajstić information content (AvgIpc) is 3.64. The van der Waals surface area contributed by atoms with Crippen molar-refractivity contribution >= 4 is 59.3 Å². The van der Waals surface area contributed by atoms with Crippen LogP contribution in [0, 0.1) is 0 Å². The average molecular weight is 706 g/mol. The Morgan fingerprint density at radius 3 is 1.61 bits per heavy atom. The van der Waals surface area contributed by atoms with Gasteiger partial charge in [0, 0.05) is 26.8 Å². The van der Waals surface area contributed by atoms with Crippen LogP contribution in [0.1, 0.15) is 0 Å². The number of thiophene rings is 1. The van der Waals surface area contributed by atoms with Crippen LogP contribution in [0.25, 0.3) is 75.5 Å². The number of anilines is 3. The lowest BCUT2D eigenvalue weighted by atomic mass is 9.89. The van der Waals surface area contributed by atoms with Crippen LogP contribution in [-0.2, 0) is 0 Å². The van der Waals surface area contributed by atoms with E-state index in [4.69, 9.17) is 0 Å². The van der Waals surface area contributed by atoms with E-state index in [1.165, 1.54) is 81.1 Å². The van der Waals surface area contributed by atoms with Gasteiger partial charge in [0.25, 0.3) is 0 Å². The minimum Gasteiger partial charge on any atom is -0.309 e. The first-order valence-corrected chi connectivity index (χ1v) is 19.2. The van der Waals surface area contributed by atoms with E-state index in [1.54, 1.807) is 0 Å². The first kappa shape index (κ1) is 32.0. The van der Waals surface area contributed by atoms with E-state index in [0.717, 1.165) is 11.4 Å². The maximum atomic E-state index is 2.45. The van der Waals surface area contributed by atoms with Crippen LogP contribution in [0.5, 0.6) is 0 Å². The summed E-state index contributed by atoms with van der Waals surface area (Å²) in [6.07, 6.45) is 0. The van der Waals surface area contributed by atoms with Crippen molar-refractivity contribution in [3.05, 3.63) is 212 Å². The lowest BCUT2D eigenvalue weighted by molar-refractivity contribution is 1.30. The third-order valence-electron chi connectivity index (χ3n) is 10.5. The van der Waals surface area contributed by atoms with Crippen LogP contribution >= 0.6 is 11.3 Å². The summed E-state index contributed by atoms with van der Waals surface area (Å²) in [5.74, 6) is 0. The predicted molar refractivity (Wildman–Crippen MR) is 233 cm³/mol. The van der Waals surface area contributed by atoms with Crippen LogP contribution in [-0.4, -0.2) is 0 Å². The number of fused-ring (bicyclic) bond motifs is 4. The SMILES string of the molecule is c1ccc(-c2ccc(N(c3ccc(-c4c(-c5ccccc5)ccc5ccccc45)cc3)c3cccc4c3sc3ccccc34)cc2-c2ccccc2)cc1. The second-order valence-corrected chi connectivity index (χ2v) is 14.7. The van der Waals surface area contributed by atoms with Crippen LogP contribution in [0.4, 0.5) is 17.1 Å². The Hall–Kier alpha value is -6.74. The van der Waals surface area contributed by atoms with Crippen molar-refractivity contribution in [3.63, 3.8) is 0 Å². The van der Waals surface area contributed by atoms with E-state index in [9.17, 15) is 0 Å². The van der Waals surface area contributed by atoms with E-state index >= 15 is 0 Å². The predicted octanol–water partition coefficient (Wildman–Crippen LogP) is 15.3. The molecule has 254 valence electrons. The largest absolute Gasteiger partial charge is 0.309 e. The summed E-state index contributed by atoms with van der Waals surface area (Å²) >= 11 is 1.87. The van der Waals surface area contributed by atoms with Crippen LogP contribution in [0.3, 0.4) is 0 Å². The highest BCUT2D eigenvalue weighted by atomic mass is 32.1. The summed E-state index contributed by atoms with van der Waals surface area (Å²) in [5.41, 5.74) is 13.1. The maximum absolute atomic E-state index is 2.45. The lowest BCUT2D eigenvalue weighted by Crippen LogP contribution is -2.10. The monoisotopic (exact) mass is 705 g/mol. The van der Waals surface area contributed by atoms with Crippen molar-refractivity contribution in [3.8, 4) is 44.5 Å². The van der Waals surface area contributed by atoms with Gasteiger partial charge in [-0.2, -0.15) is 0 Å². The standard InChI is InChI=1S/C52H35NS/c1-4-15-36(16-5-1)43-34-32-42(35-48(43)38-19-8-3-9-20-38)53(49-25-14-24-47-46-23-12-13-26-50(46)54-52(47)49)41-30-27-40(28-31-41)51-44-22-11-10-21-39(44)29-33-45(51)37-17-6-2-7-18-37/h1-35H. The molecule has 54 heavy (non-hydrogen) atoms. The third-order valence-corrected chi connectivity index (χ3v) is 11.7. The van der Waals surface area contributed by atoms with Gasteiger partial charge in [0.1, 0.15) is 0 Å². The van der Waals surface area contributed by atoms with Gasteiger partial charge in [0.2, 0.25) is 0 Å². The molecule has 0 radical (unpaired) electrons. The molecule has 10 aromatic rings. The van der Waals surface area contributed by atoms with E-state index in [1.807, 2.05) is 11.3 Å². The quantitative estimate of drug-likeness (QED) is 0.160. The molecule has 0 spiro atoms. The summed E-state index contributed by atoms with van der Waals surface area (Å²) in [5, 5.41) is 5.06. The molecule has 2 heteroatoms. The summed E-state index contributed by atoms with van der Waals surface area (Å²) in [7, 11) is 0. The highest BCUT2D eigenvalue weighted by molar-refractivity contribution is 7.26. The van der Waals surface area contributed by atoms with Gasteiger partial charge in [-0.25, -0.2) is 0 Å². The summed E-state index contributed by atoms with van der Waals surface area (Å²) in [6.45, 7) is 0. The van der Waals surface area contributed by atoms with Crippen LogP contribution in [0.2, 0.25) is 0 Å². The molecule has 9 aromatic carbocycles. The number of nitrogens with zero attached hydrogens (tertiary/aromatic N) is 1. The van der Waals surface area contributed by atoms with Gasteiger partial charge in [-0.3, -0.25) is 0 Å². The minimum atomic E-state index is 1.11. The van der Waals surface area contributed by atoms with Crippen LogP contribution < -0.4 is 4.90 Å². The smallest absolute Gasteiger partial charge is 0.0640 e. The van der Waals surface area contributed by atoms with Crippen molar-refractivity contribution in [2.24, 2.45) is 0 Å². The molecular weight excluding hydrogens is 671 g/mol. The van der Waals surface area contributed by atoms with Crippen molar-refractivity contribution in [1.82, 2.24) is 0 Å². The molecule has 0 saturated carbocycles. The van der Waals surface area contributed by atoms with Crippen molar-refractivity contribution < 1.29 is 0 Å². The molecule has 0 aliphatic carbocycles. The Morgan fingerprint density at radius 2 is 0.889 bits per heavy atom. The molecule has 1 heterocycles. The zero-order valence-electron chi connectivity index (χ0n) is 29.6. The number of hydrogen-bond acceptors (Lipinski definition) is 2. The van der Waals surface area contributed by atoms with E-state index in [0.29, 0.717) is 0 Å². The van der Waals surface area contributed by atoms with E-state index in [2.05, 4.69) is 217 Å². The van der Waals surface area contributed by atoms with Gasteiger partial charge in [-0.15, -0.1) is 11.3 Å². The molecule has 0 aliphatic rings. The van der Waals surface area contributed by atoms with Crippen LogP contribution in [0.15, 0.2) is 212 Å².